The average molecular weight is 445 g/mol. The summed E-state index contributed by atoms with van der Waals surface area (Å²) in [5, 5.41) is 6.55. The van der Waals surface area contributed by atoms with E-state index in [1.54, 1.807) is 7.11 Å². The minimum atomic E-state index is 0. The van der Waals surface area contributed by atoms with Crippen molar-refractivity contribution >= 4 is 29.9 Å². The molecular formula is C16H36IN3O3. The Bertz CT molecular complexity index is 257. The van der Waals surface area contributed by atoms with Crippen LogP contribution in [-0.4, -0.2) is 65.7 Å². The SMILES string of the molecule is CCCCOCCCN=C(NCC)NCCCOCCOC.I. The number of nitrogens with zero attached hydrogens (tertiary/aromatic N) is 1. The van der Waals surface area contributed by atoms with E-state index in [2.05, 4.69) is 29.5 Å². The molecule has 0 amide bonds. The Labute approximate surface area is 159 Å². The molecule has 0 bridgehead atoms. The van der Waals surface area contributed by atoms with Crippen molar-refractivity contribution in [3.8, 4) is 0 Å². The molecule has 0 fully saturated rings. The average Bonchev–Trinajstić information content (AvgIpc) is 2.53. The van der Waals surface area contributed by atoms with Gasteiger partial charge in [0.1, 0.15) is 0 Å². The lowest BCUT2D eigenvalue weighted by atomic mass is 10.4. The second kappa shape index (κ2) is 21.9. The van der Waals surface area contributed by atoms with Crippen LogP contribution in [0.2, 0.25) is 0 Å². The predicted molar refractivity (Wildman–Crippen MR) is 107 cm³/mol. The van der Waals surface area contributed by atoms with Crippen LogP contribution in [-0.2, 0) is 14.2 Å². The largest absolute Gasteiger partial charge is 0.382 e. The van der Waals surface area contributed by atoms with Crippen molar-refractivity contribution in [1.29, 1.82) is 0 Å². The third kappa shape index (κ3) is 19.8. The standard InChI is InChI=1S/C16H35N3O3.HI/c1-4-6-11-21-12-7-9-18-16(17-5-2)19-10-8-13-22-15-14-20-3;/h4-15H2,1-3H3,(H2,17,18,19);1H. The molecular weight excluding hydrogens is 409 g/mol. The lowest BCUT2D eigenvalue weighted by Gasteiger charge is -2.11. The maximum absolute atomic E-state index is 5.52. The Balaban J connectivity index is 0. The molecule has 0 aliphatic carbocycles. The molecule has 0 aromatic rings. The summed E-state index contributed by atoms with van der Waals surface area (Å²) in [7, 11) is 1.68. The molecule has 0 unspecified atom stereocenters. The van der Waals surface area contributed by atoms with Gasteiger partial charge >= 0.3 is 0 Å². The molecule has 0 saturated heterocycles. The quantitative estimate of drug-likeness (QED) is 0.176. The summed E-state index contributed by atoms with van der Waals surface area (Å²) < 4.78 is 15.9. The van der Waals surface area contributed by atoms with Gasteiger partial charge in [-0.1, -0.05) is 13.3 Å². The van der Waals surface area contributed by atoms with E-state index in [1.807, 2.05) is 0 Å². The number of hydrogen-bond acceptors (Lipinski definition) is 4. The van der Waals surface area contributed by atoms with Crippen LogP contribution in [0.4, 0.5) is 0 Å². The Kier molecular flexibility index (Phi) is 23.9. The van der Waals surface area contributed by atoms with Gasteiger partial charge in [-0.2, -0.15) is 0 Å². The number of hydrogen-bond donors (Lipinski definition) is 2. The van der Waals surface area contributed by atoms with Crippen molar-refractivity contribution in [3.05, 3.63) is 0 Å². The minimum Gasteiger partial charge on any atom is -0.382 e. The molecule has 2 N–H and O–H groups in total. The Hall–Kier alpha value is -0.120. The molecule has 0 rings (SSSR count). The zero-order chi connectivity index (χ0) is 16.3. The van der Waals surface area contributed by atoms with Gasteiger partial charge < -0.3 is 24.8 Å². The molecule has 0 radical (unpaired) electrons. The van der Waals surface area contributed by atoms with Gasteiger partial charge in [-0.3, -0.25) is 4.99 Å². The number of guanidine groups is 1. The number of ether oxygens (including phenoxy) is 3. The highest BCUT2D eigenvalue weighted by molar-refractivity contribution is 14.0. The zero-order valence-corrected chi connectivity index (χ0v) is 17.4. The van der Waals surface area contributed by atoms with Crippen LogP contribution in [0.25, 0.3) is 0 Å². The molecule has 0 atom stereocenters. The maximum atomic E-state index is 5.52. The van der Waals surface area contributed by atoms with Crippen molar-refractivity contribution in [1.82, 2.24) is 10.6 Å². The molecule has 0 aliphatic heterocycles. The predicted octanol–water partition coefficient (Wildman–Crippen LogP) is 2.42. The first-order valence-electron chi connectivity index (χ1n) is 8.51. The van der Waals surface area contributed by atoms with Gasteiger partial charge in [0.05, 0.1) is 13.2 Å². The van der Waals surface area contributed by atoms with Crippen molar-refractivity contribution in [2.24, 2.45) is 4.99 Å². The van der Waals surface area contributed by atoms with Crippen molar-refractivity contribution in [2.75, 3.05) is 59.8 Å². The first-order valence-corrected chi connectivity index (χ1v) is 8.51. The van der Waals surface area contributed by atoms with E-state index in [1.165, 1.54) is 6.42 Å². The van der Waals surface area contributed by atoms with Crippen LogP contribution >= 0.6 is 24.0 Å². The minimum absolute atomic E-state index is 0. The summed E-state index contributed by atoms with van der Waals surface area (Å²) in [6, 6.07) is 0. The first kappa shape index (κ1) is 25.1. The Morgan fingerprint density at radius 3 is 2.26 bits per heavy atom. The molecule has 6 nitrogen and oxygen atoms in total. The van der Waals surface area contributed by atoms with E-state index in [0.29, 0.717) is 13.2 Å². The highest BCUT2D eigenvalue weighted by Gasteiger charge is 1.97. The topological polar surface area (TPSA) is 64.1 Å². The number of aliphatic imine (C=N–C) groups is 1. The van der Waals surface area contributed by atoms with E-state index in [0.717, 1.165) is 64.7 Å². The molecule has 7 heteroatoms. The highest BCUT2D eigenvalue weighted by Crippen LogP contribution is 1.90. The lowest BCUT2D eigenvalue weighted by Crippen LogP contribution is -2.38. The lowest BCUT2D eigenvalue weighted by molar-refractivity contribution is 0.0698. The second-order valence-electron chi connectivity index (χ2n) is 4.97. The fourth-order valence-corrected chi connectivity index (χ4v) is 1.67. The molecule has 0 saturated carbocycles. The smallest absolute Gasteiger partial charge is 0.191 e. The summed E-state index contributed by atoms with van der Waals surface area (Å²) in [6.45, 7) is 10.4. The van der Waals surface area contributed by atoms with Crippen LogP contribution in [0.1, 0.15) is 39.5 Å². The van der Waals surface area contributed by atoms with Gasteiger partial charge in [0.25, 0.3) is 0 Å². The number of methoxy groups -OCH3 is 1. The third-order valence-electron chi connectivity index (χ3n) is 2.89. The third-order valence-corrected chi connectivity index (χ3v) is 2.89. The number of unbranched alkanes of at least 4 members (excludes halogenated alkanes) is 1. The van der Waals surface area contributed by atoms with E-state index in [4.69, 9.17) is 14.2 Å². The summed E-state index contributed by atoms with van der Waals surface area (Å²) in [5.41, 5.74) is 0. The van der Waals surface area contributed by atoms with Crippen LogP contribution in [0, 0.1) is 0 Å². The van der Waals surface area contributed by atoms with Gasteiger partial charge in [-0.15, -0.1) is 24.0 Å². The van der Waals surface area contributed by atoms with Gasteiger partial charge in [-0.05, 0) is 26.2 Å². The van der Waals surface area contributed by atoms with E-state index in [-0.39, 0.29) is 24.0 Å². The van der Waals surface area contributed by atoms with Gasteiger partial charge in [-0.25, -0.2) is 0 Å². The van der Waals surface area contributed by atoms with E-state index < -0.39 is 0 Å². The summed E-state index contributed by atoms with van der Waals surface area (Å²) in [5.74, 6) is 0.868. The first-order chi connectivity index (χ1) is 10.8. The van der Waals surface area contributed by atoms with E-state index in [9.17, 15) is 0 Å². The number of halogens is 1. The summed E-state index contributed by atoms with van der Waals surface area (Å²) in [6.07, 6.45) is 4.23. The van der Waals surface area contributed by atoms with Crippen LogP contribution < -0.4 is 10.6 Å². The van der Waals surface area contributed by atoms with Crippen molar-refractivity contribution in [2.45, 2.75) is 39.5 Å². The zero-order valence-electron chi connectivity index (χ0n) is 15.1. The van der Waals surface area contributed by atoms with Crippen molar-refractivity contribution in [3.63, 3.8) is 0 Å². The van der Waals surface area contributed by atoms with Crippen LogP contribution in [0.5, 0.6) is 0 Å². The molecule has 0 aliphatic rings. The summed E-state index contributed by atoms with van der Waals surface area (Å²) >= 11 is 0. The fourth-order valence-electron chi connectivity index (χ4n) is 1.67. The van der Waals surface area contributed by atoms with Crippen LogP contribution in [0.3, 0.4) is 0 Å². The number of nitrogens with one attached hydrogen (secondary N) is 2. The maximum Gasteiger partial charge on any atom is 0.191 e. The molecule has 0 aromatic carbocycles. The Morgan fingerprint density at radius 2 is 1.57 bits per heavy atom. The number of rotatable bonds is 15. The van der Waals surface area contributed by atoms with E-state index >= 15 is 0 Å². The fraction of sp³-hybridized carbons (Fsp3) is 0.938. The van der Waals surface area contributed by atoms with Gasteiger partial charge in [0.2, 0.25) is 0 Å². The van der Waals surface area contributed by atoms with Crippen LogP contribution in [0.15, 0.2) is 4.99 Å². The monoisotopic (exact) mass is 445 g/mol. The Morgan fingerprint density at radius 1 is 0.870 bits per heavy atom. The molecule has 140 valence electrons. The molecule has 0 spiro atoms. The second-order valence-corrected chi connectivity index (χ2v) is 4.97. The molecule has 0 aromatic heterocycles. The molecule has 0 heterocycles. The summed E-state index contributed by atoms with van der Waals surface area (Å²) in [4.78, 5) is 4.53. The molecule has 23 heavy (non-hydrogen) atoms. The normalized spacial score (nSPS) is 11.2. The van der Waals surface area contributed by atoms with Gasteiger partial charge in [0.15, 0.2) is 5.96 Å². The highest BCUT2D eigenvalue weighted by atomic mass is 127. The van der Waals surface area contributed by atoms with Crippen molar-refractivity contribution < 1.29 is 14.2 Å². The van der Waals surface area contributed by atoms with Gasteiger partial charge in [0, 0.05) is 46.6 Å².